The first-order valence-corrected chi connectivity index (χ1v) is 5.96. The lowest BCUT2D eigenvalue weighted by Gasteiger charge is -2.16. The van der Waals surface area contributed by atoms with Crippen LogP contribution in [0.4, 0.5) is 0 Å². The number of hydrogen-bond acceptors (Lipinski definition) is 2. The van der Waals surface area contributed by atoms with Crippen molar-refractivity contribution in [2.75, 3.05) is 7.05 Å². The largest absolute Gasteiger partial charge is 0.466 e. The number of allylic oxidation sites excluding steroid dienone is 1. The van der Waals surface area contributed by atoms with Crippen molar-refractivity contribution in [2.24, 2.45) is 0 Å². The number of nitrogens with one attached hydrogen (secondary N) is 1. The van der Waals surface area contributed by atoms with Crippen LogP contribution in [0.1, 0.15) is 48.0 Å². The predicted octanol–water partition coefficient (Wildman–Crippen LogP) is 3.82. The summed E-state index contributed by atoms with van der Waals surface area (Å²) < 4.78 is 5.67. The molecule has 1 heterocycles. The van der Waals surface area contributed by atoms with E-state index in [1.165, 1.54) is 11.1 Å². The van der Waals surface area contributed by atoms with Gasteiger partial charge in [-0.3, -0.25) is 0 Å². The van der Waals surface area contributed by atoms with Crippen molar-refractivity contribution < 1.29 is 4.42 Å². The lowest BCUT2D eigenvalue weighted by molar-refractivity contribution is 0.479. The molecule has 0 spiro atoms. The third kappa shape index (κ3) is 2.76. The Balaban J connectivity index is 2.81. The monoisotopic (exact) mass is 221 g/mol. The molecule has 1 unspecified atom stereocenters. The number of aryl methyl sites for hydroxylation is 2. The Hall–Kier alpha value is -1.02. The molecular weight excluding hydrogens is 198 g/mol. The normalized spacial score (nSPS) is 12.8. The van der Waals surface area contributed by atoms with E-state index < -0.39 is 0 Å². The van der Waals surface area contributed by atoms with Gasteiger partial charge in [-0.25, -0.2) is 0 Å². The Morgan fingerprint density at radius 1 is 1.31 bits per heavy atom. The van der Waals surface area contributed by atoms with Crippen LogP contribution in [0.3, 0.4) is 0 Å². The molecule has 2 nitrogen and oxygen atoms in total. The molecular formula is C14H23NO. The highest BCUT2D eigenvalue weighted by Crippen LogP contribution is 2.29. The minimum absolute atomic E-state index is 0.400. The molecule has 0 aliphatic heterocycles. The Kier molecular flexibility index (Phi) is 4.81. The van der Waals surface area contributed by atoms with Crippen LogP contribution >= 0.6 is 0 Å². The molecule has 2 heteroatoms. The molecule has 0 aliphatic rings. The van der Waals surface area contributed by atoms with Crippen molar-refractivity contribution in [3.63, 3.8) is 0 Å². The first kappa shape index (κ1) is 13.0. The van der Waals surface area contributed by atoms with Gasteiger partial charge in [0, 0.05) is 11.6 Å². The topological polar surface area (TPSA) is 25.2 Å². The van der Waals surface area contributed by atoms with Gasteiger partial charge in [-0.15, -0.1) is 6.58 Å². The quantitative estimate of drug-likeness (QED) is 0.583. The second-order valence-electron chi connectivity index (χ2n) is 4.31. The van der Waals surface area contributed by atoms with Crippen molar-refractivity contribution in [2.45, 2.75) is 46.1 Å². The summed E-state index contributed by atoms with van der Waals surface area (Å²) >= 11 is 0. The van der Waals surface area contributed by atoms with Gasteiger partial charge < -0.3 is 9.73 Å². The molecule has 1 aromatic rings. The van der Waals surface area contributed by atoms with Gasteiger partial charge in [-0.2, -0.15) is 0 Å². The Labute approximate surface area is 98.7 Å². The molecule has 1 N–H and O–H groups in total. The molecule has 1 atom stereocenters. The van der Waals surface area contributed by atoms with Gasteiger partial charge in [0.05, 0.1) is 0 Å². The molecule has 90 valence electrons. The maximum Gasteiger partial charge on any atom is 0.106 e. The molecule has 1 aromatic heterocycles. The standard InChI is InChI=1S/C14H23NO/c1-6-7-8-9-13(15-5)14-10(2)11(3)16-12(14)4/h6,13,15H,1,7-9H2,2-5H3. The Morgan fingerprint density at radius 2 is 2.00 bits per heavy atom. The summed E-state index contributed by atoms with van der Waals surface area (Å²) in [6.45, 7) is 9.97. The van der Waals surface area contributed by atoms with Crippen LogP contribution in [0, 0.1) is 20.8 Å². The molecule has 0 saturated heterocycles. The Morgan fingerprint density at radius 3 is 2.44 bits per heavy atom. The first-order chi connectivity index (χ1) is 7.61. The summed E-state index contributed by atoms with van der Waals surface area (Å²) in [6, 6.07) is 0.400. The van der Waals surface area contributed by atoms with Gasteiger partial charge in [0.2, 0.25) is 0 Å². The maximum absolute atomic E-state index is 5.67. The van der Waals surface area contributed by atoms with Crippen molar-refractivity contribution in [3.8, 4) is 0 Å². The van der Waals surface area contributed by atoms with Crippen LogP contribution in [-0.4, -0.2) is 7.05 Å². The summed E-state index contributed by atoms with van der Waals surface area (Å²) in [5.41, 5.74) is 2.62. The van der Waals surface area contributed by atoms with Crippen LogP contribution in [0.2, 0.25) is 0 Å². The summed E-state index contributed by atoms with van der Waals surface area (Å²) in [7, 11) is 2.01. The predicted molar refractivity (Wildman–Crippen MR) is 68.8 cm³/mol. The van der Waals surface area contributed by atoms with E-state index in [0.717, 1.165) is 30.8 Å². The van der Waals surface area contributed by atoms with E-state index in [1.807, 2.05) is 27.0 Å². The number of furan rings is 1. The van der Waals surface area contributed by atoms with E-state index in [4.69, 9.17) is 4.42 Å². The van der Waals surface area contributed by atoms with Crippen LogP contribution in [-0.2, 0) is 0 Å². The van der Waals surface area contributed by atoms with Crippen LogP contribution in [0.25, 0.3) is 0 Å². The summed E-state index contributed by atoms with van der Waals surface area (Å²) in [4.78, 5) is 0. The molecule has 0 bridgehead atoms. The van der Waals surface area contributed by atoms with Crippen LogP contribution in [0.15, 0.2) is 17.1 Å². The van der Waals surface area contributed by atoms with Crippen molar-refractivity contribution in [1.29, 1.82) is 0 Å². The molecule has 0 aromatic carbocycles. The van der Waals surface area contributed by atoms with E-state index in [2.05, 4.69) is 18.8 Å². The fraction of sp³-hybridized carbons (Fsp3) is 0.571. The lowest BCUT2D eigenvalue weighted by atomic mass is 9.97. The third-order valence-electron chi connectivity index (χ3n) is 3.22. The van der Waals surface area contributed by atoms with E-state index >= 15 is 0 Å². The van der Waals surface area contributed by atoms with Gasteiger partial charge in [0.1, 0.15) is 11.5 Å². The average molecular weight is 221 g/mol. The summed E-state index contributed by atoms with van der Waals surface area (Å²) in [5.74, 6) is 2.09. The molecule has 0 saturated carbocycles. The fourth-order valence-corrected chi connectivity index (χ4v) is 2.22. The van der Waals surface area contributed by atoms with Crippen molar-refractivity contribution >= 4 is 0 Å². The molecule has 0 fully saturated rings. The lowest BCUT2D eigenvalue weighted by Crippen LogP contribution is -2.17. The molecule has 1 rings (SSSR count). The zero-order valence-electron chi connectivity index (χ0n) is 10.9. The average Bonchev–Trinajstić information content (AvgIpc) is 2.50. The fourth-order valence-electron chi connectivity index (χ4n) is 2.22. The van der Waals surface area contributed by atoms with Crippen molar-refractivity contribution in [3.05, 3.63) is 35.3 Å². The first-order valence-electron chi connectivity index (χ1n) is 5.96. The highest BCUT2D eigenvalue weighted by Gasteiger charge is 2.18. The molecule has 16 heavy (non-hydrogen) atoms. The summed E-state index contributed by atoms with van der Waals surface area (Å²) in [5, 5.41) is 3.38. The van der Waals surface area contributed by atoms with Gasteiger partial charge in [0.15, 0.2) is 0 Å². The second-order valence-corrected chi connectivity index (χ2v) is 4.31. The van der Waals surface area contributed by atoms with Crippen LogP contribution in [0.5, 0.6) is 0 Å². The van der Waals surface area contributed by atoms with Gasteiger partial charge in [-0.05, 0) is 52.6 Å². The number of hydrogen-bond donors (Lipinski definition) is 1. The highest BCUT2D eigenvalue weighted by molar-refractivity contribution is 5.34. The Bertz CT molecular complexity index is 352. The third-order valence-corrected chi connectivity index (χ3v) is 3.22. The summed E-state index contributed by atoms with van der Waals surface area (Å²) in [6.07, 6.45) is 5.35. The zero-order chi connectivity index (χ0) is 12.1. The number of rotatable bonds is 6. The van der Waals surface area contributed by atoms with Gasteiger partial charge in [0.25, 0.3) is 0 Å². The molecule has 0 aliphatic carbocycles. The minimum atomic E-state index is 0.400. The smallest absolute Gasteiger partial charge is 0.106 e. The zero-order valence-corrected chi connectivity index (χ0v) is 10.9. The van der Waals surface area contributed by atoms with Crippen LogP contribution < -0.4 is 5.32 Å². The van der Waals surface area contributed by atoms with Gasteiger partial charge in [-0.1, -0.05) is 6.08 Å². The van der Waals surface area contributed by atoms with E-state index in [0.29, 0.717) is 6.04 Å². The van der Waals surface area contributed by atoms with E-state index in [1.54, 1.807) is 0 Å². The highest BCUT2D eigenvalue weighted by atomic mass is 16.3. The molecule has 0 amide bonds. The van der Waals surface area contributed by atoms with E-state index in [9.17, 15) is 0 Å². The van der Waals surface area contributed by atoms with Gasteiger partial charge >= 0.3 is 0 Å². The number of unbranched alkanes of at least 4 members (excludes halogenated alkanes) is 1. The second kappa shape index (κ2) is 5.90. The van der Waals surface area contributed by atoms with Crippen molar-refractivity contribution in [1.82, 2.24) is 5.32 Å². The maximum atomic E-state index is 5.67. The molecule has 0 radical (unpaired) electrons. The minimum Gasteiger partial charge on any atom is -0.466 e. The van der Waals surface area contributed by atoms with E-state index in [-0.39, 0.29) is 0 Å². The SMILES string of the molecule is C=CCCCC(NC)c1c(C)oc(C)c1C.